The van der Waals surface area contributed by atoms with Crippen molar-refractivity contribution in [2.45, 2.75) is 18.1 Å². The Morgan fingerprint density at radius 2 is 1.93 bits per heavy atom. The van der Waals surface area contributed by atoms with Crippen molar-refractivity contribution in [2.75, 3.05) is 0 Å². The number of hydrogen-bond acceptors (Lipinski definition) is 2. The van der Waals surface area contributed by atoms with E-state index < -0.39 is 12.9 Å². The van der Waals surface area contributed by atoms with Crippen LogP contribution in [0.1, 0.15) is 17.5 Å². The molecule has 0 aliphatic heterocycles. The van der Waals surface area contributed by atoms with E-state index in [1.165, 1.54) is 0 Å². The Bertz CT molecular complexity index is 420. The second kappa shape index (κ2) is 3.89. The fourth-order valence-corrected chi connectivity index (χ4v) is 2.86. The largest absolute Gasteiger partial charge is 0.349 e. The summed E-state index contributed by atoms with van der Waals surface area (Å²) in [6.07, 6.45) is 0.953. The van der Waals surface area contributed by atoms with Gasteiger partial charge in [-0.1, -0.05) is 24.3 Å². The number of halogens is 1. The Hall–Kier alpha value is -0.380. The van der Waals surface area contributed by atoms with E-state index in [4.69, 9.17) is 5.73 Å². The zero-order valence-corrected chi connectivity index (χ0v) is 9.67. The van der Waals surface area contributed by atoms with Crippen LogP contribution in [-0.2, 0) is 16.3 Å². The molecule has 15 heavy (non-hydrogen) atoms. The van der Waals surface area contributed by atoms with E-state index in [9.17, 15) is 14.4 Å². The molecular weight excluding hydrogens is 237 g/mol. The summed E-state index contributed by atoms with van der Waals surface area (Å²) >= 11 is 0. The maximum Gasteiger partial charge on any atom is 0.349 e. The summed E-state index contributed by atoms with van der Waals surface area (Å²) in [5.74, 6) is 0. The minimum atomic E-state index is -4.28. The first kappa shape index (κ1) is 12.7. The van der Waals surface area contributed by atoms with Gasteiger partial charge in [0.1, 0.15) is 5.28 Å². The standard InChI is InChI=1S/C9H12NO3P.ClH/c10-9(14(11,12)13)6-5-7-3-1-2-4-8(7)9;/h1-4H,5-6,10H2,(H2,11,12,13);1H. The number of fused-ring (bicyclic) bond motifs is 1. The lowest BCUT2D eigenvalue weighted by atomic mass is 10.1. The van der Waals surface area contributed by atoms with Crippen LogP contribution in [0, 0.1) is 0 Å². The lowest BCUT2D eigenvalue weighted by Gasteiger charge is -2.26. The second-order valence-electron chi connectivity index (χ2n) is 3.63. The molecule has 0 spiro atoms. The third-order valence-corrected chi connectivity index (χ3v) is 4.28. The fourth-order valence-electron chi connectivity index (χ4n) is 1.92. The van der Waals surface area contributed by atoms with Gasteiger partial charge in [0, 0.05) is 0 Å². The minimum Gasteiger partial charge on any atom is -0.323 e. The van der Waals surface area contributed by atoms with Gasteiger partial charge in [-0.3, -0.25) is 4.57 Å². The van der Waals surface area contributed by atoms with E-state index in [-0.39, 0.29) is 12.4 Å². The van der Waals surface area contributed by atoms with Gasteiger partial charge in [0.15, 0.2) is 0 Å². The highest BCUT2D eigenvalue weighted by Crippen LogP contribution is 2.59. The molecular formula is C9H13ClNO3P. The smallest absolute Gasteiger partial charge is 0.323 e. The molecule has 0 bridgehead atoms. The van der Waals surface area contributed by atoms with Crippen molar-refractivity contribution >= 4 is 20.0 Å². The van der Waals surface area contributed by atoms with Gasteiger partial charge < -0.3 is 15.5 Å². The van der Waals surface area contributed by atoms with Crippen LogP contribution in [0.2, 0.25) is 0 Å². The van der Waals surface area contributed by atoms with Crippen molar-refractivity contribution in [1.29, 1.82) is 0 Å². The number of aryl methyl sites for hydroxylation is 1. The van der Waals surface area contributed by atoms with Crippen LogP contribution in [0.15, 0.2) is 24.3 Å². The van der Waals surface area contributed by atoms with Crippen molar-refractivity contribution in [3.8, 4) is 0 Å². The first-order chi connectivity index (χ1) is 6.45. The van der Waals surface area contributed by atoms with Crippen LogP contribution in [-0.4, -0.2) is 9.79 Å². The van der Waals surface area contributed by atoms with Crippen LogP contribution in [0.4, 0.5) is 0 Å². The monoisotopic (exact) mass is 249 g/mol. The highest BCUT2D eigenvalue weighted by atomic mass is 35.5. The molecule has 0 saturated heterocycles. The van der Waals surface area contributed by atoms with Crippen LogP contribution >= 0.6 is 20.0 Å². The Kier molecular flexibility index (Phi) is 3.29. The van der Waals surface area contributed by atoms with Crippen molar-refractivity contribution < 1.29 is 14.4 Å². The van der Waals surface area contributed by atoms with Crippen molar-refractivity contribution in [3.63, 3.8) is 0 Å². The molecule has 1 aliphatic carbocycles. The average molecular weight is 250 g/mol. The van der Waals surface area contributed by atoms with Crippen molar-refractivity contribution in [3.05, 3.63) is 35.4 Å². The molecule has 4 N–H and O–H groups in total. The molecule has 0 aromatic heterocycles. The normalized spacial score (nSPS) is 24.5. The summed E-state index contributed by atoms with van der Waals surface area (Å²) in [5.41, 5.74) is 7.32. The van der Waals surface area contributed by atoms with E-state index in [1.54, 1.807) is 12.1 Å². The Labute approximate surface area is 94.1 Å². The SMILES string of the molecule is Cl.NC1(P(=O)(O)O)CCc2ccccc21. The maximum atomic E-state index is 11.3. The molecule has 84 valence electrons. The van der Waals surface area contributed by atoms with Gasteiger partial charge in [-0.15, -0.1) is 12.4 Å². The third kappa shape index (κ3) is 1.84. The third-order valence-electron chi connectivity index (χ3n) is 2.78. The molecule has 6 heteroatoms. The Morgan fingerprint density at radius 3 is 2.53 bits per heavy atom. The van der Waals surface area contributed by atoms with Gasteiger partial charge in [-0.05, 0) is 24.0 Å². The summed E-state index contributed by atoms with van der Waals surface area (Å²) in [5, 5.41) is -1.47. The zero-order valence-electron chi connectivity index (χ0n) is 7.96. The maximum absolute atomic E-state index is 11.3. The van der Waals surface area contributed by atoms with E-state index in [0.717, 1.165) is 5.56 Å². The molecule has 0 amide bonds. The summed E-state index contributed by atoms with van der Waals surface area (Å²) in [4.78, 5) is 18.4. The van der Waals surface area contributed by atoms with E-state index in [2.05, 4.69) is 0 Å². The summed E-state index contributed by atoms with van der Waals surface area (Å²) in [6, 6.07) is 7.16. The molecule has 0 heterocycles. The molecule has 4 nitrogen and oxygen atoms in total. The molecule has 0 saturated carbocycles. The number of hydrogen-bond donors (Lipinski definition) is 3. The molecule has 1 aliphatic rings. The molecule has 2 rings (SSSR count). The lowest BCUT2D eigenvalue weighted by Crippen LogP contribution is -2.33. The molecule has 1 aromatic rings. The number of nitrogens with two attached hydrogens (primary N) is 1. The van der Waals surface area contributed by atoms with Crippen LogP contribution in [0.5, 0.6) is 0 Å². The summed E-state index contributed by atoms with van der Waals surface area (Å²) in [6.45, 7) is 0. The summed E-state index contributed by atoms with van der Waals surface area (Å²) in [7, 11) is -4.28. The first-order valence-corrected chi connectivity index (χ1v) is 5.99. The van der Waals surface area contributed by atoms with Crippen LogP contribution in [0.25, 0.3) is 0 Å². The van der Waals surface area contributed by atoms with Crippen molar-refractivity contribution in [1.82, 2.24) is 0 Å². The Morgan fingerprint density at radius 1 is 1.33 bits per heavy atom. The van der Waals surface area contributed by atoms with Gasteiger partial charge in [0.2, 0.25) is 0 Å². The zero-order chi connectivity index (χ0) is 10.4. The van der Waals surface area contributed by atoms with Gasteiger partial charge in [-0.25, -0.2) is 0 Å². The van der Waals surface area contributed by atoms with E-state index in [0.29, 0.717) is 18.4 Å². The van der Waals surface area contributed by atoms with E-state index >= 15 is 0 Å². The molecule has 1 atom stereocenters. The molecule has 0 fully saturated rings. The topological polar surface area (TPSA) is 83.6 Å². The van der Waals surface area contributed by atoms with Gasteiger partial charge in [0.25, 0.3) is 0 Å². The highest BCUT2D eigenvalue weighted by molar-refractivity contribution is 7.53. The second-order valence-corrected chi connectivity index (χ2v) is 5.51. The van der Waals surface area contributed by atoms with Gasteiger partial charge in [0.05, 0.1) is 0 Å². The van der Waals surface area contributed by atoms with Crippen LogP contribution < -0.4 is 5.73 Å². The molecule has 0 radical (unpaired) electrons. The van der Waals surface area contributed by atoms with Gasteiger partial charge in [-0.2, -0.15) is 0 Å². The first-order valence-electron chi connectivity index (χ1n) is 4.38. The minimum absolute atomic E-state index is 0. The lowest BCUT2D eigenvalue weighted by molar-refractivity contribution is 0.325. The molecule has 1 aromatic carbocycles. The predicted molar refractivity (Wildman–Crippen MR) is 59.9 cm³/mol. The summed E-state index contributed by atoms with van der Waals surface area (Å²) < 4.78 is 11.3. The predicted octanol–water partition coefficient (Wildman–Crippen LogP) is 1.34. The number of rotatable bonds is 1. The van der Waals surface area contributed by atoms with Crippen LogP contribution in [0.3, 0.4) is 0 Å². The van der Waals surface area contributed by atoms with Gasteiger partial charge >= 0.3 is 7.60 Å². The highest BCUT2D eigenvalue weighted by Gasteiger charge is 2.48. The fraction of sp³-hybridized carbons (Fsp3) is 0.333. The number of benzene rings is 1. The molecule has 1 unspecified atom stereocenters. The quantitative estimate of drug-likeness (QED) is 0.656. The van der Waals surface area contributed by atoms with E-state index in [1.807, 2.05) is 12.1 Å². The van der Waals surface area contributed by atoms with Crippen molar-refractivity contribution in [2.24, 2.45) is 5.73 Å². The Balaban J connectivity index is 0.00000112. The average Bonchev–Trinajstić information content (AvgIpc) is 2.45.